The molecule has 2 fully saturated rings. The topological polar surface area (TPSA) is 164 Å². The Morgan fingerprint density at radius 3 is 2.10 bits per heavy atom. The summed E-state index contributed by atoms with van der Waals surface area (Å²) in [6.07, 6.45) is -1.14. The number of methoxy groups -OCH3 is 2. The van der Waals surface area contributed by atoms with Gasteiger partial charge in [0.25, 0.3) is 10.2 Å². The highest BCUT2D eigenvalue weighted by molar-refractivity contribution is 8.03. The number of rotatable bonds is 14. The summed E-state index contributed by atoms with van der Waals surface area (Å²) in [6.45, 7) is 3.64. The number of amides is 2. The van der Waals surface area contributed by atoms with E-state index in [2.05, 4.69) is 4.72 Å². The number of fused-ring (bicyclic) bond motifs is 1. The molecule has 2 saturated heterocycles. The fraction of sp³-hybridized carbons (Fsp3) is 0.500. The zero-order valence-electron chi connectivity index (χ0n) is 28.9. The first kappa shape index (κ1) is 37.4. The van der Waals surface area contributed by atoms with Gasteiger partial charge >= 0.3 is 12.1 Å². The molecule has 5 rings (SSSR count). The number of nitrogens with one attached hydrogen (secondary N) is 1. The van der Waals surface area contributed by atoms with Gasteiger partial charge in [-0.25, -0.2) is 14.3 Å². The van der Waals surface area contributed by atoms with Gasteiger partial charge in [-0.05, 0) is 48.7 Å². The maximum Gasteiger partial charge on any atom is 0.410 e. The molecule has 2 N–H and O–H groups in total. The van der Waals surface area contributed by atoms with Gasteiger partial charge in [-0.1, -0.05) is 31.2 Å². The number of nitrogens with zero attached hydrogens (tertiary/aromatic N) is 3. The fourth-order valence-electron chi connectivity index (χ4n) is 6.64. The number of carbonyl (C=O) groups is 3. The predicted octanol–water partition coefficient (Wildman–Crippen LogP) is 2.73. The van der Waals surface area contributed by atoms with Gasteiger partial charge in [0.2, 0.25) is 5.91 Å². The number of likely N-dealkylation sites (tertiary alicyclic amines) is 1. The van der Waals surface area contributed by atoms with Crippen LogP contribution in [0.25, 0.3) is 0 Å². The van der Waals surface area contributed by atoms with E-state index in [-0.39, 0.29) is 49.1 Å². The van der Waals surface area contributed by atoms with Crippen LogP contribution < -0.4 is 14.2 Å². The molecule has 3 aliphatic heterocycles. The lowest BCUT2D eigenvalue weighted by atomic mass is 9.79. The summed E-state index contributed by atoms with van der Waals surface area (Å²) in [5.41, 5.74) is 1.62. The minimum absolute atomic E-state index is 0.000363. The minimum atomic E-state index is -3.78. The van der Waals surface area contributed by atoms with Crippen LogP contribution in [0.2, 0.25) is 0 Å². The van der Waals surface area contributed by atoms with E-state index in [0.29, 0.717) is 22.8 Å². The van der Waals surface area contributed by atoms with E-state index in [0.717, 1.165) is 15.4 Å². The number of aliphatic hydroxyl groups is 1. The summed E-state index contributed by atoms with van der Waals surface area (Å²) in [5.74, 6) is -0.668. The number of esters is 1. The number of likely N-dealkylation sites (N-methyl/N-ethyl adjacent to an activating group) is 1. The summed E-state index contributed by atoms with van der Waals surface area (Å²) in [5, 5.41) is 10.2. The minimum Gasteiger partial charge on any atom is -0.497 e. The van der Waals surface area contributed by atoms with E-state index < -0.39 is 46.4 Å². The van der Waals surface area contributed by atoms with Crippen LogP contribution >= 0.6 is 11.8 Å². The summed E-state index contributed by atoms with van der Waals surface area (Å²) in [4.78, 5) is 44.1. The third-order valence-corrected chi connectivity index (χ3v) is 12.4. The maximum atomic E-state index is 13.7. The van der Waals surface area contributed by atoms with Crippen molar-refractivity contribution < 1.29 is 46.9 Å². The monoisotopic (exact) mass is 732 g/mol. The third kappa shape index (κ3) is 7.73. The number of ether oxygens (including phenoxy) is 4. The Morgan fingerprint density at radius 2 is 1.58 bits per heavy atom. The van der Waals surface area contributed by atoms with Crippen molar-refractivity contribution in [3.05, 3.63) is 70.3 Å². The van der Waals surface area contributed by atoms with Gasteiger partial charge in [0, 0.05) is 43.3 Å². The van der Waals surface area contributed by atoms with Crippen LogP contribution in [0.4, 0.5) is 4.79 Å². The average molecular weight is 733 g/mol. The Hall–Kier alpha value is -3.83. The molecule has 0 radical (unpaired) electrons. The summed E-state index contributed by atoms with van der Waals surface area (Å²) < 4.78 is 50.4. The zero-order valence-corrected chi connectivity index (χ0v) is 30.5. The first-order valence-corrected chi connectivity index (χ1v) is 18.5. The first-order valence-electron chi connectivity index (χ1n) is 16.2. The molecular formula is C34H44N4O10S2. The Morgan fingerprint density at radius 1 is 1.02 bits per heavy atom. The molecular weight excluding hydrogens is 689 g/mol. The summed E-state index contributed by atoms with van der Waals surface area (Å²) >= 11 is 1.37. The van der Waals surface area contributed by atoms with Crippen LogP contribution in [0.1, 0.15) is 31.4 Å². The predicted molar refractivity (Wildman–Crippen MR) is 185 cm³/mol. The van der Waals surface area contributed by atoms with E-state index in [1.54, 1.807) is 69.7 Å². The Kier molecular flexibility index (Phi) is 11.7. The fourth-order valence-corrected chi connectivity index (χ4v) is 8.88. The van der Waals surface area contributed by atoms with E-state index in [1.165, 1.54) is 35.7 Å². The standard InChI is InChI=1S/C34H44N4O10S2/c1-20-29-28(21(2)39)32(40)38(29)30(33(41)47-18-22-7-11-25(45-5)12-8-22)31(20)49-27-15-24(16-36(4)50(43,44)35-3)37(17-27)34(42)48-19-23-9-13-26(46-6)14-10-23/h7-14,20-21,24,27-29,35,39H,15-19H2,1-6H3/t20-,21-,24+,27+,28-,29-/m1/s1. The van der Waals surface area contributed by atoms with E-state index >= 15 is 0 Å². The van der Waals surface area contributed by atoms with Crippen LogP contribution in [0.5, 0.6) is 11.5 Å². The molecule has 16 heteroatoms. The van der Waals surface area contributed by atoms with Crippen molar-refractivity contribution >= 4 is 39.9 Å². The molecule has 2 aromatic rings. The van der Waals surface area contributed by atoms with Crippen LogP contribution in [-0.2, 0) is 42.5 Å². The second kappa shape index (κ2) is 15.6. The molecule has 0 saturated carbocycles. The Labute approximate surface area is 296 Å². The van der Waals surface area contributed by atoms with Gasteiger partial charge in [0.1, 0.15) is 30.4 Å². The van der Waals surface area contributed by atoms with Crippen molar-refractivity contribution in [2.75, 3.05) is 41.4 Å². The highest BCUT2D eigenvalue weighted by atomic mass is 32.2. The van der Waals surface area contributed by atoms with Gasteiger partial charge in [-0.15, -0.1) is 11.8 Å². The molecule has 14 nitrogen and oxygen atoms in total. The lowest BCUT2D eigenvalue weighted by molar-refractivity contribution is -0.164. The van der Waals surface area contributed by atoms with Crippen LogP contribution in [0, 0.1) is 11.8 Å². The largest absolute Gasteiger partial charge is 0.497 e. The van der Waals surface area contributed by atoms with Gasteiger partial charge < -0.3 is 33.9 Å². The molecule has 50 heavy (non-hydrogen) atoms. The Balaban J connectivity index is 1.37. The molecule has 6 atom stereocenters. The molecule has 0 aromatic heterocycles. The summed E-state index contributed by atoms with van der Waals surface area (Å²) in [6, 6.07) is 13.2. The second-order valence-electron chi connectivity index (χ2n) is 12.6. The average Bonchev–Trinajstić information content (AvgIpc) is 3.61. The molecule has 0 bridgehead atoms. The third-order valence-electron chi connectivity index (χ3n) is 9.39. The summed E-state index contributed by atoms with van der Waals surface area (Å²) in [7, 11) is 2.08. The highest BCUT2D eigenvalue weighted by Crippen LogP contribution is 2.52. The van der Waals surface area contributed by atoms with Gasteiger partial charge in [-0.2, -0.15) is 12.7 Å². The lowest BCUT2D eigenvalue weighted by Gasteiger charge is -2.46. The lowest BCUT2D eigenvalue weighted by Crippen LogP contribution is -2.63. The van der Waals surface area contributed by atoms with Crippen molar-refractivity contribution in [1.82, 2.24) is 18.8 Å². The normalized spacial score (nSPS) is 23.8. The molecule has 2 amide bonds. The van der Waals surface area contributed by atoms with Crippen LogP contribution in [0.15, 0.2) is 59.1 Å². The van der Waals surface area contributed by atoms with Crippen LogP contribution in [-0.4, -0.2) is 110 Å². The van der Waals surface area contributed by atoms with Crippen molar-refractivity contribution in [3.63, 3.8) is 0 Å². The second-order valence-corrected chi connectivity index (χ2v) is 15.9. The van der Waals surface area contributed by atoms with Crippen molar-refractivity contribution in [1.29, 1.82) is 0 Å². The number of aliphatic hydroxyl groups excluding tert-OH is 1. The first-order chi connectivity index (χ1) is 23.8. The molecule has 3 heterocycles. The number of thioether (sulfide) groups is 1. The number of carbonyl (C=O) groups excluding carboxylic acids is 3. The SMILES string of the molecule is CNS(=O)(=O)N(C)C[C@@H]1C[C@H](SC2=C(C(=O)OCc3ccc(OC)cc3)N3C(=O)[C@H]([C@@H](C)O)[C@H]3[C@H]2C)CN1C(=O)OCc1ccc(OC)cc1. The molecule has 2 aromatic carbocycles. The smallest absolute Gasteiger partial charge is 0.410 e. The van der Waals surface area contributed by atoms with Gasteiger partial charge in [0.05, 0.1) is 38.3 Å². The molecule has 272 valence electrons. The maximum absolute atomic E-state index is 13.7. The van der Waals surface area contributed by atoms with E-state index in [1.807, 2.05) is 6.92 Å². The number of hydrogen-bond donors (Lipinski definition) is 2. The van der Waals surface area contributed by atoms with Crippen molar-refractivity contribution in [3.8, 4) is 11.5 Å². The number of hydrogen-bond acceptors (Lipinski definition) is 11. The molecule has 0 spiro atoms. The number of benzene rings is 2. The molecule has 3 aliphatic rings. The molecule has 0 unspecified atom stereocenters. The molecule has 0 aliphatic carbocycles. The Bertz CT molecular complexity index is 1700. The van der Waals surface area contributed by atoms with Gasteiger partial charge in [-0.3, -0.25) is 4.79 Å². The van der Waals surface area contributed by atoms with Gasteiger partial charge in [0.15, 0.2) is 0 Å². The highest BCUT2D eigenvalue weighted by Gasteiger charge is 2.60. The number of β-lactam (4-membered cyclic amide) rings is 1. The zero-order chi connectivity index (χ0) is 36.3. The van der Waals surface area contributed by atoms with Crippen molar-refractivity contribution in [2.24, 2.45) is 11.8 Å². The van der Waals surface area contributed by atoms with Crippen molar-refractivity contribution in [2.45, 2.75) is 56.9 Å². The van der Waals surface area contributed by atoms with E-state index in [4.69, 9.17) is 18.9 Å². The van der Waals surface area contributed by atoms with E-state index in [9.17, 15) is 27.9 Å². The quantitative estimate of drug-likeness (QED) is 0.217. The van der Waals surface area contributed by atoms with Crippen LogP contribution in [0.3, 0.4) is 0 Å².